The van der Waals surface area contributed by atoms with Gasteiger partial charge in [-0.2, -0.15) is 5.26 Å². The summed E-state index contributed by atoms with van der Waals surface area (Å²) in [4.78, 5) is 2.52. The molecule has 0 aromatic heterocycles. The molecule has 3 heteroatoms. The molecule has 1 aliphatic heterocycles. The Morgan fingerprint density at radius 2 is 2.24 bits per heavy atom. The monoisotopic (exact) mass is 237 g/mol. The van der Waals surface area contributed by atoms with Crippen molar-refractivity contribution in [2.75, 3.05) is 19.6 Å². The van der Waals surface area contributed by atoms with Gasteiger partial charge in [0.1, 0.15) is 0 Å². The second kappa shape index (κ2) is 8.49. The summed E-state index contributed by atoms with van der Waals surface area (Å²) in [7, 11) is 0. The van der Waals surface area contributed by atoms with Gasteiger partial charge < -0.3 is 5.32 Å². The Kier molecular flexibility index (Phi) is 7.23. The van der Waals surface area contributed by atoms with Crippen molar-refractivity contribution in [3.05, 3.63) is 0 Å². The number of hydrogen-bond donors (Lipinski definition) is 1. The third-order valence-corrected chi connectivity index (χ3v) is 3.69. The fraction of sp³-hybridized carbons (Fsp3) is 0.929. The summed E-state index contributed by atoms with van der Waals surface area (Å²) in [5, 5.41) is 12.5. The summed E-state index contributed by atoms with van der Waals surface area (Å²) in [5.41, 5.74) is 0. The van der Waals surface area contributed by atoms with Crippen molar-refractivity contribution < 1.29 is 0 Å². The summed E-state index contributed by atoms with van der Waals surface area (Å²) in [6.45, 7) is 7.82. The molecular weight excluding hydrogens is 210 g/mol. The van der Waals surface area contributed by atoms with Crippen LogP contribution in [-0.2, 0) is 0 Å². The largest absolute Gasteiger partial charge is 0.313 e. The molecule has 1 heterocycles. The molecule has 2 unspecified atom stereocenters. The van der Waals surface area contributed by atoms with E-state index in [2.05, 4.69) is 30.1 Å². The lowest BCUT2D eigenvalue weighted by Crippen LogP contribution is -2.47. The molecule has 2 atom stereocenters. The van der Waals surface area contributed by atoms with E-state index in [4.69, 9.17) is 5.26 Å². The van der Waals surface area contributed by atoms with Crippen LogP contribution in [0.2, 0.25) is 0 Å². The van der Waals surface area contributed by atoms with Gasteiger partial charge in [0.25, 0.3) is 0 Å². The quantitative estimate of drug-likeness (QED) is 0.739. The van der Waals surface area contributed by atoms with Gasteiger partial charge in [-0.15, -0.1) is 0 Å². The second-order valence-electron chi connectivity index (χ2n) is 5.07. The molecule has 17 heavy (non-hydrogen) atoms. The summed E-state index contributed by atoms with van der Waals surface area (Å²) in [6, 6.07) is 3.42. The molecule has 0 aromatic rings. The van der Waals surface area contributed by atoms with Crippen molar-refractivity contribution >= 4 is 0 Å². The molecule has 1 N–H and O–H groups in total. The van der Waals surface area contributed by atoms with Crippen LogP contribution in [0.5, 0.6) is 0 Å². The van der Waals surface area contributed by atoms with Crippen LogP contribution in [-0.4, -0.2) is 36.6 Å². The van der Waals surface area contributed by atoms with Crippen molar-refractivity contribution in [2.45, 2.75) is 64.5 Å². The molecule has 1 rings (SSSR count). The van der Waals surface area contributed by atoms with Crippen LogP contribution in [0.3, 0.4) is 0 Å². The molecule has 1 fully saturated rings. The normalized spacial score (nSPS) is 22.4. The topological polar surface area (TPSA) is 39.1 Å². The zero-order valence-electron chi connectivity index (χ0n) is 11.4. The highest BCUT2D eigenvalue weighted by molar-refractivity contribution is 4.85. The van der Waals surface area contributed by atoms with E-state index >= 15 is 0 Å². The lowest BCUT2D eigenvalue weighted by atomic mass is 10.0. The highest BCUT2D eigenvalue weighted by Gasteiger charge is 2.21. The first-order chi connectivity index (χ1) is 8.31. The average Bonchev–Trinajstić information content (AvgIpc) is 2.37. The van der Waals surface area contributed by atoms with E-state index in [1.54, 1.807) is 0 Å². The SMILES string of the molecule is CCCN(CC1CCCCN1)C(CC)CC#N. The zero-order valence-corrected chi connectivity index (χ0v) is 11.4. The Hall–Kier alpha value is -0.590. The molecule has 0 spiro atoms. The van der Waals surface area contributed by atoms with Crippen molar-refractivity contribution in [1.29, 1.82) is 5.26 Å². The van der Waals surface area contributed by atoms with E-state index in [-0.39, 0.29) is 0 Å². The van der Waals surface area contributed by atoms with E-state index in [1.807, 2.05) is 0 Å². The molecular formula is C14H27N3. The van der Waals surface area contributed by atoms with Crippen LogP contribution >= 0.6 is 0 Å². The first-order valence-corrected chi connectivity index (χ1v) is 7.16. The maximum atomic E-state index is 8.90. The fourth-order valence-electron chi connectivity index (χ4n) is 2.71. The Labute approximate surface area is 106 Å². The van der Waals surface area contributed by atoms with Crippen molar-refractivity contribution in [1.82, 2.24) is 10.2 Å². The number of nitrogens with zero attached hydrogens (tertiary/aromatic N) is 2. The Bertz CT molecular complexity index is 228. The van der Waals surface area contributed by atoms with Gasteiger partial charge in [0.05, 0.1) is 12.5 Å². The third kappa shape index (κ3) is 5.06. The number of nitriles is 1. The minimum Gasteiger partial charge on any atom is -0.313 e. The number of rotatable bonds is 7. The smallest absolute Gasteiger partial charge is 0.0638 e. The van der Waals surface area contributed by atoms with Gasteiger partial charge in [0.2, 0.25) is 0 Å². The highest BCUT2D eigenvalue weighted by atomic mass is 15.2. The molecule has 3 nitrogen and oxygen atoms in total. The molecule has 0 amide bonds. The summed E-state index contributed by atoms with van der Waals surface area (Å²) >= 11 is 0. The van der Waals surface area contributed by atoms with Gasteiger partial charge in [-0.25, -0.2) is 0 Å². The van der Waals surface area contributed by atoms with Crippen LogP contribution in [0.4, 0.5) is 0 Å². The maximum absolute atomic E-state index is 8.90. The molecule has 0 saturated carbocycles. The Morgan fingerprint density at radius 3 is 2.76 bits per heavy atom. The van der Waals surface area contributed by atoms with Gasteiger partial charge in [-0.05, 0) is 38.8 Å². The van der Waals surface area contributed by atoms with Crippen LogP contribution < -0.4 is 5.32 Å². The summed E-state index contributed by atoms with van der Waals surface area (Å²) in [5.74, 6) is 0. The fourth-order valence-corrected chi connectivity index (χ4v) is 2.71. The summed E-state index contributed by atoms with van der Waals surface area (Å²) < 4.78 is 0. The van der Waals surface area contributed by atoms with Crippen LogP contribution in [0.1, 0.15) is 52.4 Å². The summed E-state index contributed by atoms with van der Waals surface area (Å²) in [6.07, 6.45) is 6.90. The molecule has 0 aromatic carbocycles. The van der Waals surface area contributed by atoms with Crippen LogP contribution in [0.25, 0.3) is 0 Å². The van der Waals surface area contributed by atoms with Crippen molar-refractivity contribution in [3.63, 3.8) is 0 Å². The Balaban J connectivity index is 2.47. The minimum absolute atomic E-state index is 0.448. The third-order valence-electron chi connectivity index (χ3n) is 3.69. The molecule has 98 valence electrons. The van der Waals surface area contributed by atoms with E-state index in [9.17, 15) is 0 Å². The number of piperidine rings is 1. The lowest BCUT2D eigenvalue weighted by molar-refractivity contribution is 0.163. The van der Waals surface area contributed by atoms with Gasteiger partial charge >= 0.3 is 0 Å². The lowest BCUT2D eigenvalue weighted by Gasteiger charge is -2.34. The van der Waals surface area contributed by atoms with Crippen LogP contribution in [0.15, 0.2) is 0 Å². The standard InChI is InChI=1S/C14H27N3/c1-3-11-17(14(4-2)8-9-15)12-13-7-5-6-10-16-13/h13-14,16H,3-8,10-12H2,1-2H3. The molecule has 0 radical (unpaired) electrons. The van der Waals surface area contributed by atoms with E-state index < -0.39 is 0 Å². The van der Waals surface area contributed by atoms with Gasteiger partial charge in [-0.1, -0.05) is 20.3 Å². The molecule has 1 aliphatic rings. The van der Waals surface area contributed by atoms with E-state index in [0.717, 1.165) is 19.5 Å². The van der Waals surface area contributed by atoms with Crippen LogP contribution in [0, 0.1) is 11.3 Å². The van der Waals surface area contributed by atoms with Gasteiger partial charge in [0, 0.05) is 18.6 Å². The predicted octanol–water partition coefficient (Wildman–Crippen LogP) is 2.53. The number of nitrogens with one attached hydrogen (secondary N) is 1. The predicted molar refractivity (Wildman–Crippen MR) is 71.8 cm³/mol. The Morgan fingerprint density at radius 1 is 1.41 bits per heavy atom. The van der Waals surface area contributed by atoms with Gasteiger partial charge in [-0.3, -0.25) is 4.90 Å². The zero-order chi connectivity index (χ0) is 12.5. The highest BCUT2D eigenvalue weighted by Crippen LogP contribution is 2.14. The molecule has 0 aliphatic carbocycles. The maximum Gasteiger partial charge on any atom is 0.0638 e. The molecule has 1 saturated heterocycles. The van der Waals surface area contributed by atoms with Gasteiger partial charge in [0.15, 0.2) is 0 Å². The average molecular weight is 237 g/mol. The number of hydrogen-bond acceptors (Lipinski definition) is 3. The van der Waals surface area contributed by atoms with Crippen molar-refractivity contribution in [2.24, 2.45) is 0 Å². The second-order valence-corrected chi connectivity index (χ2v) is 5.07. The van der Waals surface area contributed by atoms with Crippen molar-refractivity contribution in [3.8, 4) is 6.07 Å². The van der Waals surface area contributed by atoms with E-state index in [0.29, 0.717) is 18.5 Å². The minimum atomic E-state index is 0.448. The first kappa shape index (κ1) is 14.5. The first-order valence-electron chi connectivity index (χ1n) is 7.16. The molecule has 0 bridgehead atoms. The van der Waals surface area contributed by atoms with E-state index in [1.165, 1.54) is 32.2 Å².